The molecule has 0 radical (unpaired) electrons. The lowest BCUT2D eigenvalue weighted by Crippen LogP contribution is -2.44. The lowest BCUT2D eigenvalue weighted by atomic mass is 10.0. The van der Waals surface area contributed by atoms with Gasteiger partial charge < -0.3 is 24.3 Å². The Balaban J connectivity index is 0.000000388. The minimum Gasteiger partial charge on any atom is -0.482 e. The van der Waals surface area contributed by atoms with E-state index in [1.807, 2.05) is 71.7 Å². The van der Waals surface area contributed by atoms with Crippen molar-refractivity contribution in [1.82, 2.24) is 29.2 Å². The fraction of sp³-hybridized carbons (Fsp3) is 0.421. The molecule has 2 amide bonds. The van der Waals surface area contributed by atoms with Crippen LogP contribution in [0, 0.1) is 19.8 Å². The molecule has 1 saturated heterocycles. The zero-order valence-corrected chi connectivity index (χ0v) is 28.6. The normalized spacial score (nSPS) is 17.4. The van der Waals surface area contributed by atoms with Crippen LogP contribution in [0.1, 0.15) is 66.3 Å². The molecule has 1 aliphatic carbocycles. The van der Waals surface area contributed by atoms with E-state index in [0.717, 1.165) is 66.0 Å². The number of aromatic nitrogens is 4. The standard InChI is InChI=1S/C30H36N6O3.C8H10O/c1-5-6-24-23(31-17-37)11-12-34(24)30(38)22-14-26-33-28(19(3)36(26)27(15-22)39-4)25-13-21-10-7-18(2)32-29(21)35(25)16-20-8-9-20;1-9-7-8-5-3-2-4-6-8/h7,10,13-15,17,20,23-24H,5-6,8-9,11-12,16H2,1-4H3,(H,31,37);2-6H,7H2,1H3. The van der Waals surface area contributed by atoms with Crippen molar-refractivity contribution in [1.29, 1.82) is 0 Å². The lowest BCUT2D eigenvalue weighted by molar-refractivity contribution is -0.110. The summed E-state index contributed by atoms with van der Waals surface area (Å²) in [4.78, 5) is 36.8. The molecule has 0 bridgehead atoms. The van der Waals surface area contributed by atoms with Gasteiger partial charge in [0, 0.05) is 42.9 Å². The molecule has 2 atom stereocenters. The highest BCUT2D eigenvalue weighted by atomic mass is 16.5. The summed E-state index contributed by atoms with van der Waals surface area (Å²) in [5.41, 5.74) is 7.29. The number of hydrogen-bond donors (Lipinski definition) is 1. The lowest BCUT2D eigenvalue weighted by Gasteiger charge is -2.28. The number of pyridine rings is 2. The Morgan fingerprint density at radius 1 is 1.02 bits per heavy atom. The first-order valence-corrected chi connectivity index (χ1v) is 16.9. The molecule has 7 rings (SSSR count). The van der Waals surface area contributed by atoms with Crippen molar-refractivity contribution in [2.45, 2.75) is 78.1 Å². The Morgan fingerprint density at radius 2 is 1.81 bits per heavy atom. The van der Waals surface area contributed by atoms with Gasteiger partial charge in [-0.15, -0.1) is 0 Å². The summed E-state index contributed by atoms with van der Waals surface area (Å²) in [6.45, 7) is 8.41. The van der Waals surface area contributed by atoms with Crippen LogP contribution in [-0.2, 0) is 22.7 Å². The molecule has 1 aromatic carbocycles. The summed E-state index contributed by atoms with van der Waals surface area (Å²) in [6, 6.07) is 20.1. The van der Waals surface area contributed by atoms with E-state index in [-0.39, 0.29) is 18.0 Å². The maximum absolute atomic E-state index is 13.8. The monoisotopic (exact) mass is 650 g/mol. The number of nitrogens with zero attached hydrogens (tertiary/aromatic N) is 5. The van der Waals surface area contributed by atoms with Crippen LogP contribution in [0.5, 0.6) is 5.88 Å². The zero-order chi connectivity index (χ0) is 33.8. The number of ether oxygens (including phenoxy) is 2. The molecule has 1 N–H and O–H groups in total. The van der Waals surface area contributed by atoms with Gasteiger partial charge >= 0.3 is 0 Å². The van der Waals surface area contributed by atoms with Gasteiger partial charge in [-0.3, -0.25) is 14.0 Å². The molecule has 48 heavy (non-hydrogen) atoms. The van der Waals surface area contributed by atoms with Crippen molar-refractivity contribution >= 4 is 29.0 Å². The zero-order valence-electron chi connectivity index (χ0n) is 28.6. The molecule has 0 spiro atoms. The Labute approximate surface area is 282 Å². The predicted octanol–water partition coefficient (Wildman–Crippen LogP) is 6.35. The van der Waals surface area contributed by atoms with Crippen molar-refractivity contribution in [3.8, 4) is 17.3 Å². The second-order valence-electron chi connectivity index (χ2n) is 12.9. The first kappa shape index (κ1) is 33.2. The summed E-state index contributed by atoms with van der Waals surface area (Å²) in [5.74, 6) is 1.18. The van der Waals surface area contributed by atoms with E-state index in [2.05, 4.69) is 28.9 Å². The third kappa shape index (κ3) is 6.80. The summed E-state index contributed by atoms with van der Waals surface area (Å²) < 4.78 is 15.0. The number of amides is 2. The fourth-order valence-corrected chi connectivity index (χ4v) is 6.90. The van der Waals surface area contributed by atoms with E-state index in [1.54, 1.807) is 14.2 Å². The summed E-state index contributed by atoms with van der Waals surface area (Å²) in [5, 5.41) is 4.01. The number of benzene rings is 1. The third-order valence-corrected chi connectivity index (χ3v) is 9.46. The number of carbonyl (C=O) groups is 2. The highest BCUT2D eigenvalue weighted by Crippen LogP contribution is 2.37. The van der Waals surface area contributed by atoms with E-state index < -0.39 is 0 Å². The van der Waals surface area contributed by atoms with Crippen molar-refractivity contribution in [3.63, 3.8) is 0 Å². The van der Waals surface area contributed by atoms with E-state index in [4.69, 9.17) is 19.4 Å². The summed E-state index contributed by atoms with van der Waals surface area (Å²) >= 11 is 0. The molecule has 2 fully saturated rings. The number of imidazole rings is 1. The second kappa shape index (κ2) is 14.6. The smallest absolute Gasteiger partial charge is 0.254 e. The number of rotatable bonds is 11. The van der Waals surface area contributed by atoms with Gasteiger partial charge in [-0.2, -0.15) is 0 Å². The molecule has 2 unspecified atom stereocenters. The van der Waals surface area contributed by atoms with Crippen molar-refractivity contribution < 1.29 is 19.1 Å². The van der Waals surface area contributed by atoms with Crippen molar-refractivity contribution in [2.24, 2.45) is 5.92 Å². The van der Waals surface area contributed by atoms with Gasteiger partial charge in [-0.25, -0.2) is 9.97 Å². The topological polar surface area (TPSA) is 103 Å². The maximum atomic E-state index is 13.8. The predicted molar refractivity (Wildman–Crippen MR) is 187 cm³/mol. The summed E-state index contributed by atoms with van der Waals surface area (Å²) in [6.07, 6.45) is 5.74. The molecular formula is C38H46N6O4. The average molecular weight is 651 g/mol. The Kier molecular flexibility index (Phi) is 10.1. The fourth-order valence-electron chi connectivity index (χ4n) is 6.90. The SMILES string of the molecule is CCCC1C(NC=O)CCN1C(=O)c1cc(OC)n2c(C)c(-c3cc4ccc(C)nc4n3CC3CC3)nc2c1.COCc1ccccc1. The van der Waals surface area contributed by atoms with Crippen LogP contribution in [0.4, 0.5) is 0 Å². The molecule has 252 valence electrons. The Bertz CT molecular complexity index is 1890. The van der Waals surface area contributed by atoms with E-state index >= 15 is 0 Å². The molecule has 5 aromatic rings. The molecule has 10 heteroatoms. The molecule has 4 aromatic heterocycles. The van der Waals surface area contributed by atoms with Crippen LogP contribution in [0.3, 0.4) is 0 Å². The van der Waals surface area contributed by atoms with E-state index in [9.17, 15) is 9.59 Å². The molecule has 1 saturated carbocycles. The largest absolute Gasteiger partial charge is 0.482 e. The number of methoxy groups -OCH3 is 2. The highest BCUT2D eigenvalue weighted by Gasteiger charge is 2.37. The Morgan fingerprint density at radius 3 is 2.50 bits per heavy atom. The van der Waals surface area contributed by atoms with Gasteiger partial charge in [0.2, 0.25) is 6.41 Å². The first-order valence-electron chi connectivity index (χ1n) is 16.9. The van der Waals surface area contributed by atoms with Gasteiger partial charge in [0.15, 0.2) is 5.88 Å². The Hall–Kier alpha value is -4.70. The van der Waals surface area contributed by atoms with Crippen LogP contribution in [0.15, 0.2) is 60.7 Å². The van der Waals surface area contributed by atoms with Gasteiger partial charge in [-0.1, -0.05) is 43.7 Å². The first-order chi connectivity index (χ1) is 23.4. The average Bonchev–Trinajstić information content (AvgIpc) is 3.61. The second-order valence-corrected chi connectivity index (χ2v) is 12.9. The van der Waals surface area contributed by atoms with Gasteiger partial charge in [0.25, 0.3) is 5.91 Å². The van der Waals surface area contributed by atoms with Crippen LogP contribution in [0.25, 0.3) is 28.1 Å². The molecule has 1 aliphatic heterocycles. The number of fused-ring (bicyclic) bond motifs is 2. The minimum atomic E-state index is -0.0609. The quantitative estimate of drug-likeness (QED) is 0.167. The number of nitrogens with one attached hydrogen (secondary N) is 1. The van der Waals surface area contributed by atoms with Gasteiger partial charge in [-0.05, 0) is 75.3 Å². The van der Waals surface area contributed by atoms with Crippen LogP contribution < -0.4 is 10.1 Å². The van der Waals surface area contributed by atoms with Crippen LogP contribution in [0.2, 0.25) is 0 Å². The molecular weight excluding hydrogens is 604 g/mol. The molecule has 10 nitrogen and oxygen atoms in total. The van der Waals surface area contributed by atoms with E-state index in [0.29, 0.717) is 36.2 Å². The molecule has 5 heterocycles. The molecule has 2 aliphatic rings. The third-order valence-electron chi connectivity index (χ3n) is 9.46. The van der Waals surface area contributed by atoms with Crippen molar-refractivity contribution in [2.75, 3.05) is 20.8 Å². The number of carbonyl (C=O) groups excluding carboxylic acids is 2. The highest BCUT2D eigenvalue weighted by molar-refractivity contribution is 5.96. The number of aryl methyl sites for hydroxylation is 2. The number of likely N-dealkylation sites (tertiary alicyclic amines) is 1. The van der Waals surface area contributed by atoms with Gasteiger partial charge in [0.05, 0.1) is 37.2 Å². The van der Waals surface area contributed by atoms with Gasteiger partial charge in [0.1, 0.15) is 17.0 Å². The van der Waals surface area contributed by atoms with E-state index in [1.165, 1.54) is 18.4 Å². The van der Waals surface area contributed by atoms with Crippen molar-refractivity contribution in [3.05, 3.63) is 83.2 Å². The maximum Gasteiger partial charge on any atom is 0.254 e. The minimum absolute atomic E-state index is 0.0251. The van der Waals surface area contributed by atoms with Crippen LogP contribution in [-0.4, -0.2) is 69.0 Å². The number of hydrogen-bond acceptors (Lipinski definition) is 6. The summed E-state index contributed by atoms with van der Waals surface area (Å²) in [7, 11) is 3.33. The van der Waals surface area contributed by atoms with Crippen LogP contribution >= 0.6 is 0 Å².